The first-order valence-corrected chi connectivity index (χ1v) is 3.75. The summed E-state index contributed by atoms with van der Waals surface area (Å²) in [6.07, 6.45) is 0.0891. The van der Waals surface area contributed by atoms with Gasteiger partial charge in [-0.05, 0) is 0 Å². The van der Waals surface area contributed by atoms with E-state index in [0.717, 1.165) is 0 Å². The largest absolute Gasteiger partial charge is 1.00 e. The van der Waals surface area contributed by atoms with Gasteiger partial charge in [-0.3, -0.25) is 0 Å². The van der Waals surface area contributed by atoms with Crippen molar-refractivity contribution >= 4 is 8.03 Å². The first kappa shape index (κ1) is 12.7. The van der Waals surface area contributed by atoms with Crippen molar-refractivity contribution in [3.63, 3.8) is 0 Å². The number of hydrogen-bond acceptors (Lipinski definition) is 3. The molecule has 0 aliphatic carbocycles. The Morgan fingerprint density at radius 3 is 2.33 bits per heavy atom. The number of hydrogen-bond donors (Lipinski definition) is 1. The van der Waals surface area contributed by atoms with Gasteiger partial charge in [0.2, 0.25) is 0 Å². The zero-order valence-corrected chi connectivity index (χ0v) is 8.60. The third-order valence-electron chi connectivity index (χ3n) is 0.772. The Balaban J connectivity index is 0. The van der Waals surface area contributed by atoms with Crippen molar-refractivity contribution in [1.82, 2.24) is 0 Å². The average Bonchev–Trinajstić information content (AvgIpc) is 1.65. The van der Waals surface area contributed by atoms with E-state index in [0.29, 0.717) is 0 Å². The standard InChI is InChI=1S/C4H9O3P.Na/c1-4(2-5)3-8(6)7;/h4-5H,2-3H2,1H3;/q;+1. The second-order valence-electron chi connectivity index (χ2n) is 1.80. The molecule has 0 spiro atoms. The molecule has 1 N–H and O–H groups in total. The molecule has 3 nitrogen and oxygen atoms in total. The van der Waals surface area contributed by atoms with Crippen LogP contribution in [-0.4, -0.2) is 17.9 Å². The molecule has 0 saturated heterocycles. The Bertz CT molecular complexity index is 87.9. The molecule has 0 aromatic carbocycles. The van der Waals surface area contributed by atoms with Gasteiger partial charge < -0.3 is 10.00 Å². The van der Waals surface area contributed by atoms with E-state index in [9.17, 15) is 9.46 Å². The molecule has 0 amide bonds. The molecule has 0 radical (unpaired) electrons. The summed E-state index contributed by atoms with van der Waals surface area (Å²) in [6, 6.07) is 0. The fourth-order valence-electron chi connectivity index (χ4n) is 0.312. The number of aliphatic hydroxyl groups excluding tert-OH is 1. The van der Waals surface area contributed by atoms with Gasteiger partial charge in [0.1, 0.15) is 6.16 Å². The maximum absolute atomic E-state index is 9.89. The molecule has 0 heterocycles. The first-order chi connectivity index (χ1) is 3.66. The smallest absolute Gasteiger partial charge is 0.596 e. The Morgan fingerprint density at radius 1 is 1.78 bits per heavy atom. The van der Waals surface area contributed by atoms with E-state index in [2.05, 4.69) is 0 Å². The summed E-state index contributed by atoms with van der Waals surface area (Å²) >= 11 is 0. The number of rotatable bonds is 3. The van der Waals surface area contributed by atoms with E-state index in [1.54, 1.807) is 6.92 Å². The molecule has 48 valence electrons. The fraction of sp³-hybridized carbons (Fsp3) is 1.00. The van der Waals surface area contributed by atoms with E-state index in [1.165, 1.54) is 0 Å². The fourth-order valence-corrected chi connectivity index (χ4v) is 0.937. The van der Waals surface area contributed by atoms with Crippen molar-refractivity contribution in [3.8, 4) is 0 Å². The normalized spacial score (nSPS) is 13.9. The van der Waals surface area contributed by atoms with E-state index >= 15 is 0 Å². The maximum atomic E-state index is 9.89. The van der Waals surface area contributed by atoms with Crippen molar-refractivity contribution < 1.29 is 44.1 Å². The summed E-state index contributed by atoms with van der Waals surface area (Å²) in [5, 5.41) is 8.32. The van der Waals surface area contributed by atoms with Crippen LogP contribution in [0.3, 0.4) is 0 Å². The molecule has 5 heteroatoms. The third-order valence-corrected chi connectivity index (χ3v) is 1.69. The molecule has 9 heavy (non-hydrogen) atoms. The van der Waals surface area contributed by atoms with Crippen LogP contribution in [-0.2, 0) is 4.57 Å². The predicted octanol–water partition coefficient (Wildman–Crippen LogP) is -3.28. The quantitative estimate of drug-likeness (QED) is 0.347. The summed E-state index contributed by atoms with van der Waals surface area (Å²) in [7, 11) is -2.31. The molecule has 0 aromatic heterocycles. The molecule has 0 bridgehead atoms. The van der Waals surface area contributed by atoms with Crippen LogP contribution in [0.5, 0.6) is 0 Å². The van der Waals surface area contributed by atoms with Crippen molar-refractivity contribution in [3.05, 3.63) is 0 Å². The summed E-state index contributed by atoms with van der Waals surface area (Å²) in [5.41, 5.74) is 0. The molecule has 2 unspecified atom stereocenters. The molecule has 0 aromatic rings. The molecule has 0 aliphatic rings. The van der Waals surface area contributed by atoms with Gasteiger partial charge in [0.05, 0.1) is 0 Å². The topological polar surface area (TPSA) is 60.4 Å². The van der Waals surface area contributed by atoms with Gasteiger partial charge >= 0.3 is 37.6 Å². The van der Waals surface area contributed by atoms with Gasteiger partial charge in [-0.1, -0.05) is 11.5 Å². The number of aliphatic hydroxyl groups is 1. The van der Waals surface area contributed by atoms with E-state index in [-0.39, 0.29) is 48.2 Å². The Labute approximate surface area is 77.6 Å². The van der Waals surface area contributed by atoms with Crippen LogP contribution in [0.15, 0.2) is 0 Å². The molecule has 0 rings (SSSR count). The summed E-state index contributed by atoms with van der Waals surface area (Å²) in [4.78, 5) is 9.89. The minimum absolute atomic E-state index is 0. The van der Waals surface area contributed by atoms with Crippen LogP contribution < -0.4 is 34.5 Å². The minimum atomic E-state index is -2.31. The van der Waals surface area contributed by atoms with Gasteiger partial charge in [-0.25, -0.2) is 0 Å². The molecular weight excluding hydrogens is 150 g/mol. The Hall–Kier alpha value is 1.02. The van der Waals surface area contributed by atoms with Crippen LogP contribution in [0, 0.1) is 5.92 Å². The molecule has 0 aliphatic heterocycles. The van der Waals surface area contributed by atoms with Crippen molar-refractivity contribution in [1.29, 1.82) is 0 Å². The van der Waals surface area contributed by atoms with Crippen LogP contribution in [0.1, 0.15) is 6.92 Å². The zero-order valence-electron chi connectivity index (χ0n) is 5.70. The Kier molecular flexibility index (Phi) is 10.0. The molecule has 0 saturated carbocycles. The van der Waals surface area contributed by atoms with E-state index < -0.39 is 8.03 Å². The third kappa shape index (κ3) is 9.02. The van der Waals surface area contributed by atoms with Crippen LogP contribution in [0.25, 0.3) is 0 Å². The molecule has 2 atom stereocenters. The summed E-state index contributed by atoms with van der Waals surface area (Å²) in [6.45, 7) is 1.63. The van der Waals surface area contributed by atoms with Crippen molar-refractivity contribution in [2.24, 2.45) is 5.92 Å². The van der Waals surface area contributed by atoms with Gasteiger partial charge in [0.25, 0.3) is 0 Å². The van der Waals surface area contributed by atoms with Gasteiger partial charge in [-0.2, -0.15) is 0 Å². The first-order valence-electron chi connectivity index (χ1n) is 2.39. The zero-order chi connectivity index (χ0) is 6.57. The van der Waals surface area contributed by atoms with E-state index in [1.807, 2.05) is 0 Å². The van der Waals surface area contributed by atoms with Crippen LogP contribution in [0.2, 0.25) is 0 Å². The van der Waals surface area contributed by atoms with Crippen molar-refractivity contribution in [2.45, 2.75) is 6.92 Å². The second-order valence-corrected chi connectivity index (χ2v) is 2.83. The molecular formula is C4H9NaO3P+. The van der Waals surface area contributed by atoms with Crippen molar-refractivity contribution in [2.75, 3.05) is 12.8 Å². The predicted molar refractivity (Wildman–Crippen MR) is 28.7 cm³/mol. The Morgan fingerprint density at radius 2 is 2.22 bits per heavy atom. The summed E-state index contributed by atoms with van der Waals surface area (Å²) < 4.78 is 9.89. The maximum Gasteiger partial charge on any atom is 1.00 e. The van der Waals surface area contributed by atoms with Gasteiger partial charge in [0, 0.05) is 12.5 Å². The van der Waals surface area contributed by atoms with Gasteiger partial charge in [0.15, 0.2) is 0 Å². The van der Waals surface area contributed by atoms with E-state index in [4.69, 9.17) is 5.11 Å². The van der Waals surface area contributed by atoms with Gasteiger partial charge in [-0.15, -0.1) is 0 Å². The minimum Gasteiger partial charge on any atom is -0.596 e. The summed E-state index contributed by atoms with van der Waals surface area (Å²) in [5.74, 6) is -0.115. The monoisotopic (exact) mass is 159 g/mol. The average molecular weight is 159 g/mol. The second kappa shape index (κ2) is 7.13. The van der Waals surface area contributed by atoms with Crippen LogP contribution in [0.4, 0.5) is 0 Å². The SMILES string of the molecule is CC(CO)C[P+](=O)[O-].[Na+]. The van der Waals surface area contributed by atoms with Crippen LogP contribution >= 0.6 is 8.03 Å². The molecule has 0 fully saturated rings.